The van der Waals surface area contributed by atoms with Gasteiger partial charge in [0.25, 0.3) is 0 Å². The van der Waals surface area contributed by atoms with Crippen molar-refractivity contribution < 1.29 is 4.39 Å². The van der Waals surface area contributed by atoms with Crippen LogP contribution < -0.4 is 10.6 Å². The number of aromatic nitrogens is 2. The van der Waals surface area contributed by atoms with Gasteiger partial charge in [0.2, 0.25) is 5.95 Å². The van der Waals surface area contributed by atoms with Crippen molar-refractivity contribution >= 4 is 34.0 Å². The molecule has 4 nitrogen and oxygen atoms in total. The number of anilines is 4. The van der Waals surface area contributed by atoms with Gasteiger partial charge in [0, 0.05) is 16.8 Å². The minimum absolute atomic E-state index is 0.281. The van der Waals surface area contributed by atoms with Crippen molar-refractivity contribution in [3.05, 3.63) is 84.2 Å². The summed E-state index contributed by atoms with van der Waals surface area (Å²) in [6, 6.07) is 22.0. The Morgan fingerprint density at radius 3 is 2.15 bits per heavy atom. The number of aryl methyl sites for hydroxylation is 1. The maximum absolute atomic E-state index is 13.1. The van der Waals surface area contributed by atoms with Crippen molar-refractivity contribution in [1.82, 2.24) is 9.97 Å². The Morgan fingerprint density at radius 1 is 0.731 bits per heavy atom. The molecule has 26 heavy (non-hydrogen) atoms. The fraction of sp³-hybridized carbons (Fsp3) is 0.0476. The average Bonchev–Trinajstić information content (AvgIpc) is 2.65. The van der Waals surface area contributed by atoms with E-state index < -0.39 is 0 Å². The maximum atomic E-state index is 13.1. The van der Waals surface area contributed by atoms with E-state index in [4.69, 9.17) is 0 Å². The van der Waals surface area contributed by atoms with Gasteiger partial charge < -0.3 is 10.6 Å². The van der Waals surface area contributed by atoms with E-state index in [9.17, 15) is 4.39 Å². The molecule has 4 rings (SSSR count). The highest BCUT2D eigenvalue weighted by atomic mass is 19.1. The maximum Gasteiger partial charge on any atom is 0.229 e. The molecule has 2 N–H and O–H groups in total. The molecule has 0 fully saturated rings. The zero-order chi connectivity index (χ0) is 17.9. The first-order valence-corrected chi connectivity index (χ1v) is 8.30. The predicted molar refractivity (Wildman–Crippen MR) is 104 cm³/mol. The lowest BCUT2D eigenvalue weighted by atomic mass is 10.2. The van der Waals surface area contributed by atoms with Gasteiger partial charge in [-0.15, -0.1) is 0 Å². The summed E-state index contributed by atoms with van der Waals surface area (Å²) in [5.41, 5.74) is 3.69. The fourth-order valence-corrected chi connectivity index (χ4v) is 2.66. The van der Waals surface area contributed by atoms with E-state index in [2.05, 4.69) is 27.5 Å². The summed E-state index contributed by atoms with van der Waals surface area (Å²) in [5.74, 6) is 0.880. The van der Waals surface area contributed by atoms with E-state index in [-0.39, 0.29) is 5.82 Å². The first-order valence-electron chi connectivity index (χ1n) is 8.30. The van der Waals surface area contributed by atoms with Gasteiger partial charge in [0.15, 0.2) is 0 Å². The minimum Gasteiger partial charge on any atom is -0.340 e. The molecule has 0 radical (unpaired) electrons. The number of rotatable bonds is 4. The highest BCUT2D eigenvalue weighted by molar-refractivity contribution is 5.92. The van der Waals surface area contributed by atoms with Gasteiger partial charge in [-0.05, 0) is 55.5 Å². The Kier molecular flexibility index (Phi) is 4.19. The van der Waals surface area contributed by atoms with Crippen LogP contribution in [-0.2, 0) is 0 Å². The molecular weight excluding hydrogens is 327 g/mol. The van der Waals surface area contributed by atoms with Gasteiger partial charge in [-0.25, -0.2) is 9.37 Å². The predicted octanol–water partition coefficient (Wildman–Crippen LogP) is 5.56. The number of para-hydroxylation sites is 1. The van der Waals surface area contributed by atoms with Crippen LogP contribution in [0.2, 0.25) is 0 Å². The number of fused-ring (bicyclic) bond motifs is 1. The lowest BCUT2D eigenvalue weighted by Gasteiger charge is -2.12. The smallest absolute Gasteiger partial charge is 0.229 e. The summed E-state index contributed by atoms with van der Waals surface area (Å²) in [6.07, 6.45) is 0. The molecule has 3 aromatic carbocycles. The number of hydrogen-bond donors (Lipinski definition) is 2. The molecule has 1 aromatic heterocycles. The van der Waals surface area contributed by atoms with Gasteiger partial charge >= 0.3 is 0 Å². The van der Waals surface area contributed by atoms with Crippen LogP contribution in [0, 0.1) is 12.7 Å². The highest BCUT2D eigenvalue weighted by Crippen LogP contribution is 2.26. The number of nitrogens with one attached hydrogen (secondary N) is 2. The quantitative estimate of drug-likeness (QED) is 0.508. The van der Waals surface area contributed by atoms with E-state index in [0.29, 0.717) is 11.8 Å². The minimum atomic E-state index is -0.281. The molecule has 0 amide bonds. The largest absolute Gasteiger partial charge is 0.340 e. The van der Waals surface area contributed by atoms with Gasteiger partial charge in [-0.1, -0.05) is 29.8 Å². The first-order chi connectivity index (χ1) is 12.7. The average molecular weight is 344 g/mol. The molecule has 0 spiro atoms. The van der Waals surface area contributed by atoms with Crippen LogP contribution in [0.3, 0.4) is 0 Å². The standard InChI is InChI=1S/C21H17FN4/c1-14-6-10-16(11-7-14)23-20-18-4-2-3-5-19(18)25-21(26-20)24-17-12-8-15(22)9-13-17/h2-13H,1H3,(H2,23,24,25,26). The second kappa shape index (κ2) is 6.80. The second-order valence-electron chi connectivity index (χ2n) is 6.04. The fourth-order valence-electron chi connectivity index (χ4n) is 2.66. The van der Waals surface area contributed by atoms with Gasteiger partial charge in [-0.2, -0.15) is 4.98 Å². The summed E-state index contributed by atoms with van der Waals surface area (Å²) < 4.78 is 13.1. The molecule has 0 unspecified atom stereocenters. The van der Waals surface area contributed by atoms with Crippen LogP contribution in [-0.4, -0.2) is 9.97 Å². The third-order valence-electron chi connectivity index (χ3n) is 4.02. The molecule has 0 bridgehead atoms. The van der Waals surface area contributed by atoms with E-state index >= 15 is 0 Å². The number of benzene rings is 3. The van der Waals surface area contributed by atoms with Crippen molar-refractivity contribution in [2.75, 3.05) is 10.6 Å². The van der Waals surface area contributed by atoms with E-state index in [1.165, 1.54) is 17.7 Å². The Hall–Kier alpha value is -3.47. The third-order valence-corrected chi connectivity index (χ3v) is 4.02. The number of halogens is 1. The Balaban J connectivity index is 1.72. The lowest BCUT2D eigenvalue weighted by Crippen LogP contribution is -2.02. The monoisotopic (exact) mass is 344 g/mol. The zero-order valence-corrected chi connectivity index (χ0v) is 14.2. The molecular formula is C21H17FN4. The van der Waals surface area contributed by atoms with Gasteiger partial charge in [-0.3, -0.25) is 0 Å². The van der Waals surface area contributed by atoms with Crippen LogP contribution in [0.1, 0.15) is 5.56 Å². The van der Waals surface area contributed by atoms with Crippen LogP contribution in [0.5, 0.6) is 0 Å². The normalized spacial score (nSPS) is 10.7. The molecule has 0 atom stereocenters. The van der Waals surface area contributed by atoms with Crippen molar-refractivity contribution in [1.29, 1.82) is 0 Å². The van der Waals surface area contributed by atoms with Crippen molar-refractivity contribution in [2.45, 2.75) is 6.92 Å². The second-order valence-corrected chi connectivity index (χ2v) is 6.04. The Bertz CT molecular complexity index is 1040. The third kappa shape index (κ3) is 3.47. The van der Waals surface area contributed by atoms with Crippen LogP contribution >= 0.6 is 0 Å². The van der Waals surface area contributed by atoms with Crippen LogP contribution in [0.25, 0.3) is 10.9 Å². The number of nitrogens with zero attached hydrogens (tertiary/aromatic N) is 2. The summed E-state index contributed by atoms with van der Waals surface area (Å²) in [5, 5.41) is 7.42. The van der Waals surface area contributed by atoms with Crippen molar-refractivity contribution in [2.24, 2.45) is 0 Å². The van der Waals surface area contributed by atoms with Crippen molar-refractivity contribution in [3.8, 4) is 0 Å². The summed E-state index contributed by atoms with van der Waals surface area (Å²) >= 11 is 0. The summed E-state index contributed by atoms with van der Waals surface area (Å²) in [7, 11) is 0. The first kappa shape index (κ1) is 16.0. The molecule has 128 valence electrons. The molecule has 0 aliphatic carbocycles. The zero-order valence-electron chi connectivity index (χ0n) is 14.2. The topological polar surface area (TPSA) is 49.8 Å². The highest BCUT2D eigenvalue weighted by Gasteiger charge is 2.08. The molecule has 0 saturated carbocycles. The lowest BCUT2D eigenvalue weighted by molar-refractivity contribution is 0.628. The van der Waals surface area contributed by atoms with E-state index in [0.717, 1.165) is 22.3 Å². The molecule has 5 heteroatoms. The Morgan fingerprint density at radius 2 is 1.38 bits per heavy atom. The summed E-state index contributed by atoms with van der Waals surface area (Å²) in [4.78, 5) is 9.16. The van der Waals surface area contributed by atoms with E-state index in [1.54, 1.807) is 12.1 Å². The molecule has 4 aromatic rings. The van der Waals surface area contributed by atoms with Gasteiger partial charge in [0.1, 0.15) is 11.6 Å². The molecule has 1 heterocycles. The summed E-state index contributed by atoms with van der Waals surface area (Å²) in [6.45, 7) is 2.05. The van der Waals surface area contributed by atoms with Crippen LogP contribution in [0.4, 0.5) is 27.5 Å². The molecule has 0 aliphatic rings. The molecule has 0 saturated heterocycles. The number of hydrogen-bond acceptors (Lipinski definition) is 4. The SMILES string of the molecule is Cc1ccc(Nc2nc(Nc3ccc(F)cc3)nc3ccccc23)cc1. The Labute approximate surface area is 150 Å². The van der Waals surface area contributed by atoms with Crippen molar-refractivity contribution in [3.63, 3.8) is 0 Å². The molecule has 0 aliphatic heterocycles. The van der Waals surface area contributed by atoms with E-state index in [1.807, 2.05) is 48.5 Å². The van der Waals surface area contributed by atoms with Gasteiger partial charge in [0.05, 0.1) is 5.52 Å². The van der Waals surface area contributed by atoms with Crippen LogP contribution in [0.15, 0.2) is 72.8 Å².